The summed E-state index contributed by atoms with van der Waals surface area (Å²) in [5.41, 5.74) is 2.41. The van der Waals surface area contributed by atoms with E-state index < -0.39 is 0 Å². The quantitative estimate of drug-likeness (QED) is 0.644. The number of hydrogen-bond acceptors (Lipinski definition) is 4. The molecule has 0 spiro atoms. The van der Waals surface area contributed by atoms with Crippen molar-refractivity contribution in [2.75, 3.05) is 36.4 Å². The van der Waals surface area contributed by atoms with Crippen molar-refractivity contribution in [3.8, 4) is 5.75 Å². The molecule has 1 N–H and O–H groups in total. The Morgan fingerprint density at radius 1 is 1.00 bits per heavy atom. The molecule has 2 amide bonds. The number of hydrogen-bond donors (Lipinski definition) is 1. The zero-order valence-corrected chi connectivity index (χ0v) is 19.6. The van der Waals surface area contributed by atoms with Gasteiger partial charge in [-0.3, -0.25) is 9.59 Å². The molecular formula is C26H35N3O3. The fraction of sp³-hybridized carbons (Fsp3) is 0.462. The van der Waals surface area contributed by atoms with Crippen molar-refractivity contribution in [3.05, 3.63) is 54.1 Å². The summed E-state index contributed by atoms with van der Waals surface area (Å²) >= 11 is 0. The van der Waals surface area contributed by atoms with Crippen LogP contribution in [0.15, 0.2) is 48.5 Å². The summed E-state index contributed by atoms with van der Waals surface area (Å²) in [6.45, 7) is 11.4. The van der Waals surface area contributed by atoms with Gasteiger partial charge in [0.25, 0.3) is 5.91 Å². The summed E-state index contributed by atoms with van der Waals surface area (Å²) in [4.78, 5) is 29.2. The molecule has 32 heavy (non-hydrogen) atoms. The fourth-order valence-electron chi connectivity index (χ4n) is 3.68. The van der Waals surface area contributed by atoms with E-state index >= 15 is 0 Å². The van der Waals surface area contributed by atoms with Crippen LogP contribution in [0.4, 0.5) is 11.4 Å². The number of anilines is 2. The molecule has 3 rings (SSSR count). The van der Waals surface area contributed by atoms with Crippen LogP contribution in [0.1, 0.15) is 50.9 Å². The molecule has 2 aromatic rings. The summed E-state index contributed by atoms with van der Waals surface area (Å²) in [6.07, 6.45) is 1.63. The Bertz CT molecular complexity index is 903. The summed E-state index contributed by atoms with van der Waals surface area (Å²) in [7, 11) is 0. The number of piperazine rings is 1. The topological polar surface area (TPSA) is 61.9 Å². The first-order valence-corrected chi connectivity index (χ1v) is 11.6. The Kier molecular flexibility index (Phi) is 8.14. The predicted octanol–water partition coefficient (Wildman–Crippen LogP) is 4.81. The van der Waals surface area contributed by atoms with E-state index in [2.05, 4.69) is 31.0 Å². The Morgan fingerprint density at radius 2 is 1.69 bits per heavy atom. The van der Waals surface area contributed by atoms with Crippen LogP contribution in [0, 0.1) is 5.92 Å². The average Bonchev–Trinajstić information content (AvgIpc) is 2.79. The van der Waals surface area contributed by atoms with E-state index in [1.165, 1.54) is 0 Å². The van der Waals surface area contributed by atoms with Crippen molar-refractivity contribution in [1.29, 1.82) is 0 Å². The lowest BCUT2D eigenvalue weighted by Gasteiger charge is -2.36. The monoisotopic (exact) mass is 437 g/mol. The molecule has 6 nitrogen and oxygen atoms in total. The van der Waals surface area contributed by atoms with E-state index in [-0.39, 0.29) is 17.9 Å². The molecule has 1 atom stereocenters. The number of nitrogens with zero attached hydrogens (tertiary/aromatic N) is 2. The van der Waals surface area contributed by atoms with Crippen LogP contribution >= 0.6 is 0 Å². The van der Waals surface area contributed by atoms with Crippen LogP contribution in [0.5, 0.6) is 5.75 Å². The molecule has 172 valence electrons. The molecule has 1 saturated heterocycles. The van der Waals surface area contributed by atoms with Crippen LogP contribution in [0.3, 0.4) is 0 Å². The SMILES string of the molecule is CC[C@@H](C)Oc1cccc(C(=O)Nc2ccc(N3CCN(C(=O)CC(C)C)CC3)cc2)c1. The minimum Gasteiger partial charge on any atom is -0.491 e. The number of nitrogens with one attached hydrogen (secondary N) is 1. The normalized spacial score (nSPS) is 14.9. The molecule has 0 unspecified atom stereocenters. The van der Waals surface area contributed by atoms with Crippen LogP contribution < -0.4 is 15.0 Å². The van der Waals surface area contributed by atoms with Crippen molar-refractivity contribution in [2.45, 2.75) is 46.6 Å². The minimum absolute atomic E-state index is 0.107. The first-order chi connectivity index (χ1) is 15.4. The predicted molar refractivity (Wildman–Crippen MR) is 129 cm³/mol. The minimum atomic E-state index is -0.162. The highest BCUT2D eigenvalue weighted by Gasteiger charge is 2.21. The van der Waals surface area contributed by atoms with Crippen LogP contribution in [-0.4, -0.2) is 49.0 Å². The van der Waals surface area contributed by atoms with Gasteiger partial charge in [-0.05, 0) is 61.7 Å². The second-order valence-electron chi connectivity index (χ2n) is 8.83. The summed E-state index contributed by atoms with van der Waals surface area (Å²) in [5, 5.41) is 2.96. The van der Waals surface area contributed by atoms with Crippen molar-refractivity contribution >= 4 is 23.2 Å². The van der Waals surface area contributed by atoms with Gasteiger partial charge in [-0.15, -0.1) is 0 Å². The summed E-state index contributed by atoms with van der Waals surface area (Å²) in [6, 6.07) is 15.1. The number of benzene rings is 2. The molecule has 2 aromatic carbocycles. The Labute approximate surface area is 191 Å². The van der Waals surface area contributed by atoms with Gasteiger partial charge in [0.1, 0.15) is 5.75 Å². The number of carbonyl (C=O) groups is 2. The molecular weight excluding hydrogens is 402 g/mol. The van der Waals surface area contributed by atoms with Gasteiger partial charge < -0.3 is 19.9 Å². The zero-order valence-electron chi connectivity index (χ0n) is 19.6. The highest BCUT2D eigenvalue weighted by Crippen LogP contribution is 2.22. The van der Waals surface area contributed by atoms with Gasteiger partial charge in [-0.1, -0.05) is 26.8 Å². The van der Waals surface area contributed by atoms with Crippen molar-refractivity contribution < 1.29 is 14.3 Å². The van der Waals surface area contributed by atoms with Gasteiger partial charge in [-0.25, -0.2) is 0 Å². The van der Waals surface area contributed by atoms with E-state index in [4.69, 9.17) is 4.74 Å². The molecule has 6 heteroatoms. The Hall–Kier alpha value is -3.02. The lowest BCUT2D eigenvalue weighted by molar-refractivity contribution is -0.132. The maximum Gasteiger partial charge on any atom is 0.255 e. The zero-order chi connectivity index (χ0) is 23.1. The van der Waals surface area contributed by atoms with Crippen LogP contribution in [0.2, 0.25) is 0 Å². The third kappa shape index (κ3) is 6.49. The average molecular weight is 438 g/mol. The lowest BCUT2D eigenvalue weighted by Crippen LogP contribution is -2.49. The highest BCUT2D eigenvalue weighted by atomic mass is 16.5. The number of amides is 2. The molecule has 0 bridgehead atoms. The van der Waals surface area contributed by atoms with E-state index in [9.17, 15) is 9.59 Å². The molecule has 0 radical (unpaired) electrons. The van der Waals surface area contributed by atoms with Gasteiger partial charge in [0.15, 0.2) is 0 Å². The second kappa shape index (κ2) is 11.0. The second-order valence-corrected chi connectivity index (χ2v) is 8.83. The smallest absolute Gasteiger partial charge is 0.255 e. The van der Waals surface area contributed by atoms with E-state index in [1.807, 2.05) is 48.2 Å². The molecule has 1 heterocycles. The number of ether oxygens (including phenoxy) is 1. The summed E-state index contributed by atoms with van der Waals surface area (Å²) < 4.78 is 5.82. The van der Waals surface area contributed by atoms with Gasteiger partial charge in [0.2, 0.25) is 5.91 Å². The molecule has 1 aliphatic heterocycles. The van der Waals surface area contributed by atoms with E-state index in [0.29, 0.717) is 23.7 Å². The Balaban J connectivity index is 1.55. The van der Waals surface area contributed by atoms with E-state index in [1.54, 1.807) is 12.1 Å². The first-order valence-electron chi connectivity index (χ1n) is 11.6. The highest BCUT2D eigenvalue weighted by molar-refractivity contribution is 6.04. The number of carbonyl (C=O) groups excluding carboxylic acids is 2. The van der Waals surface area contributed by atoms with Gasteiger partial charge in [-0.2, -0.15) is 0 Å². The summed E-state index contributed by atoms with van der Waals surface area (Å²) in [5.74, 6) is 1.17. The first kappa shape index (κ1) is 23.6. The van der Waals surface area contributed by atoms with Gasteiger partial charge >= 0.3 is 0 Å². The molecule has 0 aliphatic carbocycles. The molecule has 0 aromatic heterocycles. The lowest BCUT2D eigenvalue weighted by atomic mass is 10.1. The molecule has 1 aliphatic rings. The van der Waals surface area contributed by atoms with Crippen molar-refractivity contribution in [1.82, 2.24) is 4.90 Å². The van der Waals surface area contributed by atoms with Gasteiger partial charge in [0.05, 0.1) is 6.10 Å². The standard InChI is InChI=1S/C26H35N3O3/c1-5-20(4)32-24-8-6-7-21(18-24)26(31)27-22-9-11-23(12-10-22)28-13-15-29(16-14-28)25(30)17-19(2)3/h6-12,18-20H,5,13-17H2,1-4H3,(H,27,31)/t20-/m1/s1. The van der Waals surface area contributed by atoms with E-state index in [0.717, 1.165) is 44.0 Å². The number of rotatable bonds is 8. The fourth-order valence-corrected chi connectivity index (χ4v) is 3.68. The van der Waals surface area contributed by atoms with Crippen molar-refractivity contribution in [2.24, 2.45) is 5.92 Å². The maximum atomic E-state index is 12.7. The van der Waals surface area contributed by atoms with Crippen LogP contribution in [0.25, 0.3) is 0 Å². The van der Waals surface area contributed by atoms with Crippen LogP contribution in [-0.2, 0) is 4.79 Å². The molecule has 0 saturated carbocycles. The van der Waals surface area contributed by atoms with Crippen molar-refractivity contribution in [3.63, 3.8) is 0 Å². The maximum absolute atomic E-state index is 12.7. The molecule has 1 fully saturated rings. The third-order valence-electron chi connectivity index (χ3n) is 5.71. The van der Waals surface area contributed by atoms with Gasteiger partial charge in [0, 0.05) is 49.5 Å². The Morgan fingerprint density at radius 3 is 2.31 bits per heavy atom. The largest absolute Gasteiger partial charge is 0.491 e. The third-order valence-corrected chi connectivity index (χ3v) is 5.71.